The van der Waals surface area contributed by atoms with Crippen LogP contribution in [-0.2, 0) is 19.9 Å². The maximum Gasteiger partial charge on any atom is 0.264 e. The summed E-state index contributed by atoms with van der Waals surface area (Å²) < 4.78 is 63.0. The molecule has 0 saturated heterocycles. The molecule has 0 radical (unpaired) electrons. The highest BCUT2D eigenvalue weighted by Crippen LogP contribution is 2.22. The fourth-order valence-electron chi connectivity index (χ4n) is 1.55. The van der Waals surface area contributed by atoms with E-state index in [1.54, 1.807) is 0 Å². The molecule has 6 nitrogen and oxygen atoms in total. The molecule has 21 heavy (non-hydrogen) atoms. The number of nitrogens with zero attached hydrogens (tertiary/aromatic N) is 1. The average molecular weight is 330 g/mol. The minimum atomic E-state index is -4.26. The summed E-state index contributed by atoms with van der Waals surface area (Å²) in [7, 11) is -7.90. The second kappa shape index (κ2) is 5.41. The number of sulfone groups is 1. The Bertz CT molecular complexity index is 865. The number of nitrogens with one attached hydrogen (secondary N) is 1. The van der Waals surface area contributed by atoms with Crippen molar-refractivity contribution < 1.29 is 21.2 Å². The second-order valence-electron chi connectivity index (χ2n) is 4.21. The van der Waals surface area contributed by atoms with Gasteiger partial charge in [-0.2, -0.15) is 0 Å². The van der Waals surface area contributed by atoms with Gasteiger partial charge < -0.3 is 0 Å². The van der Waals surface area contributed by atoms with E-state index in [9.17, 15) is 21.2 Å². The van der Waals surface area contributed by atoms with Crippen LogP contribution in [0.1, 0.15) is 0 Å². The van der Waals surface area contributed by atoms with Crippen molar-refractivity contribution in [3.8, 4) is 0 Å². The SMILES string of the molecule is CS(=O)(=O)c1ccc(F)c(S(=O)(=O)Nc2cccnc2)c1. The number of hydrogen-bond donors (Lipinski definition) is 1. The molecule has 0 aliphatic rings. The molecule has 1 aromatic heterocycles. The normalized spacial score (nSPS) is 12.1. The van der Waals surface area contributed by atoms with Crippen molar-refractivity contribution in [1.82, 2.24) is 4.98 Å². The fourth-order valence-corrected chi connectivity index (χ4v) is 3.42. The highest BCUT2D eigenvalue weighted by atomic mass is 32.2. The third kappa shape index (κ3) is 3.56. The summed E-state index contributed by atoms with van der Waals surface area (Å²) in [6.07, 6.45) is 3.60. The molecular formula is C12H11FN2O4S2. The molecule has 112 valence electrons. The van der Waals surface area contributed by atoms with Gasteiger partial charge in [0.05, 0.1) is 16.8 Å². The first-order valence-corrected chi connectivity index (χ1v) is 9.00. The Labute approximate surface area is 121 Å². The van der Waals surface area contributed by atoms with Gasteiger partial charge in [-0.25, -0.2) is 21.2 Å². The standard InChI is InChI=1S/C12H11FN2O4S2/c1-20(16,17)10-4-5-11(13)12(7-10)21(18,19)15-9-3-2-6-14-8-9/h2-8,15H,1H3. The lowest BCUT2D eigenvalue weighted by Crippen LogP contribution is -2.15. The zero-order valence-corrected chi connectivity index (χ0v) is 12.4. The van der Waals surface area contributed by atoms with Crippen LogP contribution in [0.15, 0.2) is 52.5 Å². The minimum absolute atomic E-state index is 0.140. The number of halogens is 1. The topological polar surface area (TPSA) is 93.2 Å². The molecule has 0 unspecified atom stereocenters. The van der Waals surface area contributed by atoms with E-state index in [0.717, 1.165) is 24.5 Å². The molecule has 9 heteroatoms. The van der Waals surface area contributed by atoms with Gasteiger partial charge >= 0.3 is 0 Å². The van der Waals surface area contributed by atoms with Gasteiger partial charge in [0, 0.05) is 12.5 Å². The van der Waals surface area contributed by atoms with E-state index in [0.29, 0.717) is 0 Å². The van der Waals surface area contributed by atoms with E-state index in [1.807, 2.05) is 0 Å². The quantitative estimate of drug-likeness (QED) is 0.856. The van der Waals surface area contributed by atoms with Crippen molar-refractivity contribution in [3.63, 3.8) is 0 Å². The third-order valence-electron chi connectivity index (χ3n) is 2.53. The van der Waals surface area contributed by atoms with Crippen LogP contribution in [0.4, 0.5) is 10.1 Å². The lowest BCUT2D eigenvalue weighted by Gasteiger charge is -2.09. The fraction of sp³-hybridized carbons (Fsp3) is 0.0833. The van der Waals surface area contributed by atoms with Crippen LogP contribution in [0.25, 0.3) is 0 Å². The highest BCUT2D eigenvalue weighted by molar-refractivity contribution is 7.93. The van der Waals surface area contributed by atoms with Crippen molar-refractivity contribution in [3.05, 3.63) is 48.5 Å². The first-order chi connectivity index (χ1) is 9.70. The number of sulfonamides is 1. The Morgan fingerprint density at radius 2 is 1.86 bits per heavy atom. The zero-order chi connectivity index (χ0) is 15.7. The first kappa shape index (κ1) is 15.4. The molecule has 2 aromatic rings. The van der Waals surface area contributed by atoms with E-state index in [4.69, 9.17) is 0 Å². The smallest absolute Gasteiger partial charge is 0.264 e. The van der Waals surface area contributed by atoms with Crippen molar-refractivity contribution >= 4 is 25.5 Å². The Morgan fingerprint density at radius 1 is 1.14 bits per heavy atom. The van der Waals surface area contributed by atoms with E-state index in [2.05, 4.69) is 9.71 Å². The van der Waals surface area contributed by atoms with Crippen molar-refractivity contribution in [2.45, 2.75) is 9.79 Å². The molecular weight excluding hydrogens is 319 g/mol. The molecule has 0 aliphatic heterocycles. The molecule has 0 spiro atoms. The predicted molar refractivity (Wildman–Crippen MR) is 74.6 cm³/mol. The molecule has 1 N–H and O–H groups in total. The van der Waals surface area contributed by atoms with Crippen LogP contribution in [0, 0.1) is 5.82 Å². The van der Waals surface area contributed by atoms with E-state index in [-0.39, 0.29) is 10.6 Å². The Hall–Kier alpha value is -2.00. The maximum atomic E-state index is 13.7. The van der Waals surface area contributed by atoms with Gasteiger partial charge in [-0.1, -0.05) is 0 Å². The monoisotopic (exact) mass is 330 g/mol. The predicted octanol–water partition coefficient (Wildman–Crippen LogP) is 1.43. The lowest BCUT2D eigenvalue weighted by atomic mass is 10.3. The van der Waals surface area contributed by atoms with Crippen molar-refractivity contribution in [1.29, 1.82) is 0 Å². The number of benzene rings is 1. The molecule has 1 aromatic carbocycles. The number of rotatable bonds is 4. The van der Waals surface area contributed by atoms with Crippen LogP contribution in [0.2, 0.25) is 0 Å². The van der Waals surface area contributed by atoms with Gasteiger partial charge in [-0.15, -0.1) is 0 Å². The lowest BCUT2D eigenvalue weighted by molar-refractivity contribution is 0.567. The Balaban J connectivity index is 2.50. The van der Waals surface area contributed by atoms with Gasteiger partial charge in [0.25, 0.3) is 10.0 Å². The van der Waals surface area contributed by atoms with E-state index < -0.39 is 30.6 Å². The number of aromatic nitrogens is 1. The molecule has 0 amide bonds. The molecule has 0 atom stereocenters. The average Bonchev–Trinajstić information content (AvgIpc) is 2.38. The van der Waals surface area contributed by atoms with Gasteiger partial charge in [-0.3, -0.25) is 9.71 Å². The third-order valence-corrected chi connectivity index (χ3v) is 5.04. The summed E-state index contributed by atoms with van der Waals surface area (Å²) in [5.41, 5.74) is 0.140. The van der Waals surface area contributed by atoms with Crippen LogP contribution < -0.4 is 4.72 Å². The van der Waals surface area contributed by atoms with Crippen LogP contribution in [-0.4, -0.2) is 28.1 Å². The van der Waals surface area contributed by atoms with Crippen molar-refractivity contribution in [2.24, 2.45) is 0 Å². The van der Waals surface area contributed by atoms with Crippen LogP contribution in [0.3, 0.4) is 0 Å². The van der Waals surface area contributed by atoms with Crippen LogP contribution in [0.5, 0.6) is 0 Å². The number of hydrogen-bond acceptors (Lipinski definition) is 5. The molecule has 2 rings (SSSR count). The van der Waals surface area contributed by atoms with Gasteiger partial charge in [0.1, 0.15) is 10.7 Å². The summed E-state index contributed by atoms with van der Waals surface area (Å²) in [6, 6.07) is 5.52. The number of pyridine rings is 1. The van der Waals surface area contributed by atoms with E-state index >= 15 is 0 Å². The van der Waals surface area contributed by atoms with Crippen molar-refractivity contribution in [2.75, 3.05) is 11.0 Å². The summed E-state index contributed by atoms with van der Waals surface area (Å²) in [4.78, 5) is 2.70. The van der Waals surface area contributed by atoms with Crippen LogP contribution >= 0.6 is 0 Å². The van der Waals surface area contributed by atoms with Gasteiger partial charge in [0.15, 0.2) is 9.84 Å². The molecule has 0 saturated carbocycles. The summed E-state index contributed by atoms with van der Waals surface area (Å²) in [5, 5.41) is 0. The number of anilines is 1. The molecule has 0 aliphatic carbocycles. The van der Waals surface area contributed by atoms with E-state index in [1.165, 1.54) is 24.5 Å². The molecule has 1 heterocycles. The summed E-state index contributed by atoms with van der Waals surface area (Å²) in [6.45, 7) is 0. The Morgan fingerprint density at radius 3 is 2.43 bits per heavy atom. The van der Waals surface area contributed by atoms with Gasteiger partial charge in [-0.05, 0) is 30.3 Å². The summed E-state index contributed by atoms with van der Waals surface area (Å²) >= 11 is 0. The minimum Gasteiger partial charge on any atom is -0.278 e. The maximum absolute atomic E-state index is 13.7. The summed E-state index contributed by atoms with van der Waals surface area (Å²) in [5.74, 6) is -1.04. The zero-order valence-electron chi connectivity index (χ0n) is 10.8. The van der Waals surface area contributed by atoms with Gasteiger partial charge in [0.2, 0.25) is 0 Å². The first-order valence-electron chi connectivity index (χ1n) is 5.62. The molecule has 0 fully saturated rings. The largest absolute Gasteiger partial charge is 0.278 e. The Kier molecular flexibility index (Phi) is 3.97. The molecule has 0 bridgehead atoms. The second-order valence-corrected chi connectivity index (χ2v) is 7.88. The highest BCUT2D eigenvalue weighted by Gasteiger charge is 2.22.